The number of carbonyl (C=O) groups excluding carboxylic acids is 4. The summed E-state index contributed by atoms with van der Waals surface area (Å²) in [5.74, 6) is -4.46. The number of carboxylic acid groups (broad SMARTS) is 1. The van der Waals surface area contributed by atoms with E-state index in [0.717, 1.165) is 6.42 Å². The molecular weight excluding hydrogens is 424 g/mol. The Labute approximate surface area is 186 Å². The van der Waals surface area contributed by atoms with Crippen molar-refractivity contribution in [1.82, 2.24) is 21.3 Å². The lowest BCUT2D eigenvalue weighted by Gasteiger charge is -2.26. The molecule has 0 aliphatic carbocycles. The van der Waals surface area contributed by atoms with Crippen LogP contribution in [-0.4, -0.2) is 83.2 Å². The number of amides is 4. The number of aliphatic carboxylic acids is 1. The molecule has 1 saturated heterocycles. The fraction of sp³-hybridized carbons (Fsp3) is 0.737. The maximum atomic E-state index is 12.8. The Balaban J connectivity index is 2.89. The van der Waals surface area contributed by atoms with Crippen LogP contribution in [0, 0.1) is 0 Å². The monoisotopic (exact) mass is 458 g/mol. The first-order valence-corrected chi connectivity index (χ1v) is 10.6. The van der Waals surface area contributed by atoms with E-state index in [0.29, 0.717) is 32.4 Å². The molecule has 0 saturated carbocycles. The summed E-state index contributed by atoms with van der Waals surface area (Å²) in [6.45, 7) is 2.34. The number of hydrogen-bond acceptors (Lipinski definition) is 8. The zero-order valence-corrected chi connectivity index (χ0v) is 18.1. The predicted molar refractivity (Wildman–Crippen MR) is 113 cm³/mol. The molecule has 1 aliphatic rings. The number of nitrogens with two attached hydrogens (primary N) is 2. The van der Waals surface area contributed by atoms with Gasteiger partial charge in [0.2, 0.25) is 23.6 Å². The largest absolute Gasteiger partial charge is 0.480 e. The molecule has 1 rings (SSSR count). The number of nitrogens with one attached hydrogen (secondary N) is 4. The molecule has 1 aliphatic heterocycles. The highest BCUT2D eigenvalue weighted by Gasteiger charge is 2.33. The molecule has 0 aromatic carbocycles. The van der Waals surface area contributed by atoms with Gasteiger partial charge in [-0.25, -0.2) is 4.79 Å². The zero-order valence-electron chi connectivity index (χ0n) is 18.1. The summed E-state index contributed by atoms with van der Waals surface area (Å²) in [6, 6.07) is -4.53. The topological polar surface area (TPSA) is 226 Å². The molecule has 5 atom stereocenters. The van der Waals surface area contributed by atoms with Gasteiger partial charge in [-0.1, -0.05) is 0 Å². The van der Waals surface area contributed by atoms with Gasteiger partial charge in [-0.05, 0) is 52.1 Å². The molecule has 32 heavy (non-hydrogen) atoms. The van der Waals surface area contributed by atoms with Crippen molar-refractivity contribution in [3.8, 4) is 0 Å². The second-order valence-corrected chi connectivity index (χ2v) is 7.79. The molecule has 13 nitrogen and oxygen atoms in total. The fourth-order valence-corrected chi connectivity index (χ4v) is 3.26. The number of hydrogen-bond donors (Lipinski definition) is 8. The molecule has 13 heteroatoms. The highest BCUT2D eigenvalue weighted by molar-refractivity contribution is 5.95. The molecule has 5 unspecified atom stereocenters. The Bertz CT molecular complexity index is 681. The minimum Gasteiger partial charge on any atom is -0.480 e. The number of unbranched alkanes of at least 4 members (excludes halogenated alkanes) is 1. The summed E-state index contributed by atoms with van der Waals surface area (Å²) in [6.07, 6.45) is 0.652. The molecule has 1 heterocycles. The van der Waals surface area contributed by atoms with Gasteiger partial charge in [-0.15, -0.1) is 0 Å². The van der Waals surface area contributed by atoms with E-state index in [4.69, 9.17) is 11.5 Å². The highest BCUT2D eigenvalue weighted by Crippen LogP contribution is 2.07. The van der Waals surface area contributed by atoms with Crippen molar-refractivity contribution >= 4 is 29.6 Å². The minimum absolute atomic E-state index is 0.127. The molecule has 10 N–H and O–H groups in total. The smallest absolute Gasteiger partial charge is 0.326 e. The summed E-state index contributed by atoms with van der Waals surface area (Å²) in [7, 11) is 0. The highest BCUT2D eigenvalue weighted by atomic mass is 16.4. The van der Waals surface area contributed by atoms with E-state index < -0.39 is 66.3 Å². The molecule has 0 aromatic heterocycles. The molecule has 0 radical (unpaired) electrons. The van der Waals surface area contributed by atoms with Crippen molar-refractivity contribution in [1.29, 1.82) is 0 Å². The number of primary amides is 1. The van der Waals surface area contributed by atoms with Crippen LogP contribution in [0.3, 0.4) is 0 Å². The van der Waals surface area contributed by atoms with Gasteiger partial charge in [0.25, 0.3) is 0 Å². The Morgan fingerprint density at radius 3 is 2.22 bits per heavy atom. The van der Waals surface area contributed by atoms with Crippen LogP contribution >= 0.6 is 0 Å². The summed E-state index contributed by atoms with van der Waals surface area (Å²) in [4.78, 5) is 60.2. The van der Waals surface area contributed by atoms with Crippen molar-refractivity contribution in [3.05, 3.63) is 0 Å². The van der Waals surface area contributed by atoms with Crippen LogP contribution in [0.5, 0.6) is 0 Å². The second kappa shape index (κ2) is 13.6. The molecular formula is C19H34N6O7. The van der Waals surface area contributed by atoms with Gasteiger partial charge in [0.1, 0.15) is 18.1 Å². The Hall–Kier alpha value is -2.77. The molecule has 1 fully saturated rings. The van der Waals surface area contributed by atoms with Gasteiger partial charge < -0.3 is 42.9 Å². The lowest BCUT2D eigenvalue weighted by atomic mass is 10.1. The fourth-order valence-electron chi connectivity index (χ4n) is 3.26. The average Bonchev–Trinajstić information content (AvgIpc) is 3.24. The van der Waals surface area contributed by atoms with E-state index in [-0.39, 0.29) is 6.42 Å². The summed E-state index contributed by atoms with van der Waals surface area (Å²) in [5, 5.41) is 29.3. The zero-order chi connectivity index (χ0) is 24.3. The number of carboxylic acids is 1. The van der Waals surface area contributed by atoms with E-state index in [2.05, 4.69) is 21.3 Å². The minimum atomic E-state index is -1.56. The van der Waals surface area contributed by atoms with Crippen molar-refractivity contribution in [2.45, 2.75) is 75.7 Å². The normalized spacial score (nSPS) is 19.3. The van der Waals surface area contributed by atoms with Crippen LogP contribution in [0.1, 0.15) is 45.4 Å². The third kappa shape index (κ3) is 9.16. The van der Waals surface area contributed by atoms with E-state index in [1.807, 2.05) is 0 Å². The van der Waals surface area contributed by atoms with Gasteiger partial charge in [0.15, 0.2) is 0 Å². The SMILES string of the molecule is CC(O)C(NC(=O)C1CCCN1)C(=O)NC(CCCCN)C(=O)NC(CC(N)=O)C(=O)O. The summed E-state index contributed by atoms with van der Waals surface area (Å²) in [5.41, 5.74) is 10.5. The van der Waals surface area contributed by atoms with Gasteiger partial charge in [-0.2, -0.15) is 0 Å². The first-order chi connectivity index (χ1) is 15.1. The first kappa shape index (κ1) is 27.3. The van der Waals surface area contributed by atoms with Crippen molar-refractivity contribution in [2.24, 2.45) is 11.5 Å². The number of aliphatic hydroxyl groups excluding tert-OH is 1. The Morgan fingerprint density at radius 1 is 1.06 bits per heavy atom. The van der Waals surface area contributed by atoms with Gasteiger partial charge in [0, 0.05) is 0 Å². The molecule has 182 valence electrons. The van der Waals surface area contributed by atoms with Gasteiger partial charge >= 0.3 is 5.97 Å². The van der Waals surface area contributed by atoms with Crippen LogP contribution in [-0.2, 0) is 24.0 Å². The quantitative estimate of drug-likeness (QED) is 0.122. The van der Waals surface area contributed by atoms with Crippen LogP contribution < -0.4 is 32.7 Å². The van der Waals surface area contributed by atoms with Crippen LogP contribution in [0.25, 0.3) is 0 Å². The molecule has 0 bridgehead atoms. The van der Waals surface area contributed by atoms with Crippen molar-refractivity contribution < 1.29 is 34.2 Å². The Morgan fingerprint density at radius 2 is 1.72 bits per heavy atom. The number of aliphatic hydroxyl groups is 1. The standard InChI is InChI=1S/C19H34N6O7/c1-10(26)15(25-16(28)11-6-4-8-22-11)18(30)23-12(5-2-3-7-20)17(29)24-13(19(31)32)9-14(21)27/h10-13,15,22,26H,2-9,20H2,1H3,(H2,21,27)(H,23,30)(H,24,29)(H,25,28)(H,31,32). The maximum Gasteiger partial charge on any atom is 0.326 e. The second-order valence-electron chi connectivity index (χ2n) is 7.79. The van der Waals surface area contributed by atoms with Crippen LogP contribution in [0.15, 0.2) is 0 Å². The van der Waals surface area contributed by atoms with Gasteiger partial charge in [-0.3, -0.25) is 19.2 Å². The van der Waals surface area contributed by atoms with Crippen molar-refractivity contribution in [2.75, 3.05) is 13.1 Å². The molecule has 0 aromatic rings. The van der Waals surface area contributed by atoms with E-state index in [9.17, 15) is 34.2 Å². The van der Waals surface area contributed by atoms with E-state index in [1.54, 1.807) is 0 Å². The Kier molecular flexibility index (Phi) is 11.6. The van der Waals surface area contributed by atoms with Crippen LogP contribution in [0.2, 0.25) is 0 Å². The molecule has 0 spiro atoms. The van der Waals surface area contributed by atoms with E-state index in [1.165, 1.54) is 6.92 Å². The molecule has 4 amide bonds. The first-order valence-electron chi connectivity index (χ1n) is 10.6. The third-order valence-corrected chi connectivity index (χ3v) is 5.04. The van der Waals surface area contributed by atoms with E-state index >= 15 is 0 Å². The number of carbonyl (C=O) groups is 5. The number of rotatable bonds is 14. The summed E-state index contributed by atoms with van der Waals surface area (Å²) < 4.78 is 0. The van der Waals surface area contributed by atoms with Crippen LogP contribution in [0.4, 0.5) is 0 Å². The predicted octanol–water partition coefficient (Wildman–Crippen LogP) is -3.34. The lowest BCUT2D eigenvalue weighted by Crippen LogP contribution is -2.59. The van der Waals surface area contributed by atoms with Crippen molar-refractivity contribution in [3.63, 3.8) is 0 Å². The average molecular weight is 459 g/mol. The summed E-state index contributed by atoms with van der Waals surface area (Å²) >= 11 is 0. The maximum absolute atomic E-state index is 12.8. The van der Waals surface area contributed by atoms with Gasteiger partial charge in [0.05, 0.1) is 18.6 Å². The lowest BCUT2D eigenvalue weighted by molar-refractivity contribution is -0.144. The third-order valence-electron chi connectivity index (χ3n) is 5.04.